The fraction of sp³-hybridized carbons (Fsp3) is 0.381. The van der Waals surface area contributed by atoms with Crippen LogP contribution in [-0.4, -0.2) is 58.9 Å². The Labute approximate surface area is 169 Å². The zero-order valence-corrected chi connectivity index (χ0v) is 16.5. The largest absolute Gasteiger partial charge is 0.497 e. The number of hydrogen-bond acceptors (Lipinski definition) is 3. The van der Waals surface area contributed by atoms with E-state index in [-0.39, 0.29) is 18.1 Å². The maximum atomic E-state index is 13.6. The van der Waals surface area contributed by atoms with Crippen molar-refractivity contribution in [3.05, 3.63) is 54.1 Å². The van der Waals surface area contributed by atoms with Crippen LogP contribution < -0.4 is 24.6 Å². The number of hydrogen-bond donors (Lipinski definition) is 3. The smallest absolute Gasteiger partial charge is 0.279 e. The van der Waals surface area contributed by atoms with Gasteiger partial charge in [-0.1, -0.05) is 0 Å². The topological polar surface area (TPSA) is 56.4 Å². The highest BCUT2D eigenvalue weighted by Crippen LogP contribution is 2.16. The molecule has 156 valence electrons. The summed E-state index contributed by atoms with van der Waals surface area (Å²) in [5, 5.41) is 2.46. The maximum Gasteiger partial charge on any atom is 0.279 e. The number of carbonyl (C=O) groups excluding carboxylic acids is 1. The minimum atomic E-state index is -0.638. The molecule has 0 radical (unpaired) electrons. The third-order valence-electron chi connectivity index (χ3n) is 5.06. The maximum absolute atomic E-state index is 13.6. The molecule has 6 nitrogen and oxygen atoms in total. The lowest BCUT2D eigenvalue weighted by molar-refractivity contribution is -1.01. The van der Waals surface area contributed by atoms with E-state index in [0.717, 1.165) is 67.3 Å². The van der Waals surface area contributed by atoms with Gasteiger partial charge in [-0.2, -0.15) is 0 Å². The number of quaternary nitrogens is 2. The van der Waals surface area contributed by atoms with Gasteiger partial charge in [-0.3, -0.25) is 4.79 Å². The van der Waals surface area contributed by atoms with Crippen molar-refractivity contribution in [1.29, 1.82) is 0 Å². The molecule has 0 unspecified atom stereocenters. The van der Waals surface area contributed by atoms with Gasteiger partial charge >= 0.3 is 0 Å². The van der Waals surface area contributed by atoms with Crippen LogP contribution in [0, 0.1) is 11.6 Å². The molecule has 0 atom stereocenters. The monoisotopic (exact) mass is 407 g/mol. The Balaban J connectivity index is 1.35. The standard InChI is InChI=1S/C21H25F2N3O3/c1-28-17-3-5-18(6-4-17)29-13-12-25-8-10-26(11-9-25)15-21(27)24-20-14-16(22)2-7-19(20)23/h2-7,14H,8-13,15H2,1H3,(H,24,27)/p+2. The van der Waals surface area contributed by atoms with Crippen LogP contribution in [0.25, 0.3) is 0 Å². The molecule has 8 heteroatoms. The van der Waals surface area contributed by atoms with E-state index in [1.807, 2.05) is 24.3 Å². The predicted molar refractivity (Wildman–Crippen MR) is 105 cm³/mol. The Morgan fingerprint density at radius 2 is 1.66 bits per heavy atom. The van der Waals surface area contributed by atoms with Crippen molar-refractivity contribution in [2.24, 2.45) is 0 Å². The van der Waals surface area contributed by atoms with Crippen molar-refractivity contribution in [3.63, 3.8) is 0 Å². The van der Waals surface area contributed by atoms with E-state index in [0.29, 0.717) is 6.61 Å². The average Bonchev–Trinajstić information content (AvgIpc) is 2.72. The Bertz CT molecular complexity index is 809. The van der Waals surface area contributed by atoms with Gasteiger partial charge in [-0.15, -0.1) is 0 Å². The van der Waals surface area contributed by atoms with Crippen molar-refractivity contribution >= 4 is 11.6 Å². The molecule has 3 rings (SSSR count). The number of benzene rings is 2. The molecule has 3 N–H and O–H groups in total. The van der Waals surface area contributed by atoms with Crippen LogP contribution in [0.5, 0.6) is 11.5 Å². The first-order valence-corrected chi connectivity index (χ1v) is 9.72. The Morgan fingerprint density at radius 3 is 2.34 bits per heavy atom. The molecule has 0 aromatic heterocycles. The van der Waals surface area contributed by atoms with E-state index in [1.165, 1.54) is 4.90 Å². The van der Waals surface area contributed by atoms with Gasteiger partial charge in [0.2, 0.25) is 0 Å². The van der Waals surface area contributed by atoms with Crippen molar-refractivity contribution < 1.29 is 32.8 Å². The third-order valence-corrected chi connectivity index (χ3v) is 5.06. The van der Waals surface area contributed by atoms with Crippen LogP contribution in [-0.2, 0) is 4.79 Å². The van der Waals surface area contributed by atoms with Gasteiger partial charge in [0.25, 0.3) is 5.91 Å². The van der Waals surface area contributed by atoms with Crippen molar-refractivity contribution in [1.82, 2.24) is 0 Å². The summed E-state index contributed by atoms with van der Waals surface area (Å²) in [7, 11) is 1.63. The Morgan fingerprint density at radius 1 is 1.00 bits per heavy atom. The van der Waals surface area contributed by atoms with Gasteiger partial charge in [0, 0.05) is 6.07 Å². The van der Waals surface area contributed by atoms with E-state index in [4.69, 9.17) is 9.47 Å². The predicted octanol–water partition coefficient (Wildman–Crippen LogP) is -0.226. The zero-order chi connectivity index (χ0) is 20.6. The summed E-state index contributed by atoms with van der Waals surface area (Å²) in [6.45, 7) is 5.31. The number of carbonyl (C=O) groups is 1. The van der Waals surface area contributed by atoms with Gasteiger partial charge in [0.05, 0.1) is 12.8 Å². The summed E-state index contributed by atoms with van der Waals surface area (Å²) in [6, 6.07) is 10.5. The third kappa shape index (κ3) is 6.40. The fourth-order valence-corrected chi connectivity index (χ4v) is 3.38. The van der Waals surface area contributed by atoms with Crippen LogP contribution >= 0.6 is 0 Å². The highest BCUT2D eigenvalue weighted by molar-refractivity contribution is 5.91. The summed E-state index contributed by atoms with van der Waals surface area (Å²) < 4.78 is 37.7. The summed E-state index contributed by atoms with van der Waals surface area (Å²) in [4.78, 5) is 14.7. The van der Waals surface area contributed by atoms with Crippen molar-refractivity contribution in [3.8, 4) is 11.5 Å². The first kappa shape index (κ1) is 21.0. The summed E-state index contributed by atoms with van der Waals surface area (Å²) in [6.07, 6.45) is 0. The van der Waals surface area contributed by atoms with E-state index >= 15 is 0 Å². The molecule has 1 aliphatic rings. The number of halogens is 2. The molecule has 1 fully saturated rings. The average molecular weight is 407 g/mol. The molecule has 2 aromatic carbocycles. The zero-order valence-electron chi connectivity index (χ0n) is 16.5. The molecule has 1 saturated heterocycles. The van der Waals surface area contributed by atoms with Crippen LogP contribution in [0.4, 0.5) is 14.5 Å². The first-order valence-electron chi connectivity index (χ1n) is 9.72. The number of rotatable bonds is 8. The number of piperazine rings is 1. The molecule has 1 amide bonds. The second-order valence-electron chi connectivity index (χ2n) is 7.12. The van der Waals surface area contributed by atoms with Crippen LogP contribution in [0.2, 0.25) is 0 Å². The van der Waals surface area contributed by atoms with Crippen LogP contribution in [0.15, 0.2) is 42.5 Å². The summed E-state index contributed by atoms with van der Waals surface area (Å²) >= 11 is 0. The van der Waals surface area contributed by atoms with E-state index in [9.17, 15) is 13.6 Å². The highest BCUT2D eigenvalue weighted by Gasteiger charge is 2.25. The number of methoxy groups -OCH3 is 1. The van der Waals surface area contributed by atoms with Crippen LogP contribution in [0.3, 0.4) is 0 Å². The molecular weight excluding hydrogens is 380 g/mol. The SMILES string of the molecule is COc1ccc(OCC[NH+]2CC[NH+](CC(=O)Nc3cc(F)ccc3F)CC2)cc1. The lowest BCUT2D eigenvalue weighted by Crippen LogP contribution is -3.28. The molecular formula is C21H27F2N3O3+2. The number of anilines is 1. The lowest BCUT2D eigenvalue weighted by atomic mass is 10.2. The summed E-state index contributed by atoms with van der Waals surface area (Å²) in [5.41, 5.74) is -0.116. The van der Waals surface area contributed by atoms with E-state index in [1.54, 1.807) is 7.11 Å². The molecule has 0 bridgehead atoms. The van der Waals surface area contributed by atoms with Crippen LogP contribution in [0.1, 0.15) is 0 Å². The number of amides is 1. The number of nitrogens with one attached hydrogen (secondary N) is 3. The van der Waals surface area contributed by atoms with Crippen molar-refractivity contribution in [2.45, 2.75) is 0 Å². The molecule has 2 aromatic rings. The normalized spacial score (nSPS) is 18.9. The van der Waals surface area contributed by atoms with Gasteiger partial charge in [-0.05, 0) is 36.4 Å². The lowest BCUT2D eigenvalue weighted by Gasteiger charge is -2.29. The van der Waals surface area contributed by atoms with Gasteiger partial charge in [0.15, 0.2) is 6.54 Å². The second-order valence-corrected chi connectivity index (χ2v) is 7.12. The molecule has 0 aliphatic carbocycles. The first-order chi connectivity index (χ1) is 14.0. The fourth-order valence-electron chi connectivity index (χ4n) is 3.38. The molecule has 1 heterocycles. The highest BCUT2D eigenvalue weighted by atomic mass is 19.1. The van der Waals surface area contributed by atoms with Gasteiger partial charge in [0.1, 0.15) is 62.5 Å². The Kier molecular flexibility index (Phi) is 7.37. The van der Waals surface area contributed by atoms with E-state index in [2.05, 4.69) is 5.32 Å². The molecule has 0 saturated carbocycles. The quantitative estimate of drug-likeness (QED) is 0.567. The number of ether oxygens (including phenoxy) is 2. The minimum Gasteiger partial charge on any atom is -0.497 e. The molecule has 1 aliphatic heterocycles. The minimum absolute atomic E-state index is 0.116. The van der Waals surface area contributed by atoms with Gasteiger partial charge < -0.3 is 24.6 Å². The van der Waals surface area contributed by atoms with Gasteiger partial charge in [-0.25, -0.2) is 8.78 Å². The van der Waals surface area contributed by atoms with Crippen molar-refractivity contribution in [2.75, 3.05) is 58.3 Å². The summed E-state index contributed by atoms with van der Waals surface area (Å²) in [5.74, 6) is 0.0849. The van der Waals surface area contributed by atoms with E-state index < -0.39 is 11.6 Å². The second kappa shape index (κ2) is 10.2. The molecule has 0 spiro atoms. The molecule has 29 heavy (non-hydrogen) atoms. The Hall–Kier alpha value is -2.71.